The third-order valence-corrected chi connectivity index (χ3v) is 20.1. The van der Waals surface area contributed by atoms with Gasteiger partial charge in [0.05, 0.1) is 0 Å². The maximum Gasteiger partial charge on any atom is 0.164 e. The van der Waals surface area contributed by atoms with E-state index in [1.807, 2.05) is 0 Å². The van der Waals surface area contributed by atoms with Gasteiger partial charge in [0.1, 0.15) is 45.6 Å². The summed E-state index contributed by atoms with van der Waals surface area (Å²) in [5.41, 5.74) is 16.6. The molecule has 5 heterocycles. The number of H-pyrrole nitrogens is 2. The van der Waals surface area contributed by atoms with E-state index < -0.39 is 0 Å². The van der Waals surface area contributed by atoms with E-state index >= 15 is 0 Å². The summed E-state index contributed by atoms with van der Waals surface area (Å²) in [4.78, 5) is 40.7. The van der Waals surface area contributed by atoms with Gasteiger partial charge in [-0.1, -0.05) is 190 Å². The molecule has 3 aromatic heterocycles. The Morgan fingerprint density at radius 3 is 0.640 bits per heavy atom. The van der Waals surface area contributed by atoms with Crippen molar-refractivity contribution in [1.82, 2.24) is 39.9 Å². The zero-order valence-corrected chi connectivity index (χ0v) is 63.0. The molecule has 514 valence electrons. The van der Waals surface area contributed by atoms with E-state index in [2.05, 4.69) is 297 Å². The minimum absolute atomic E-state index is 0.307. The SMILES string of the molecule is CC(C)(C)c1cc(-c2ccc3c(c2)-c2nc-3nc3[nH]c(nc4nc(nc5[nH]c(n2)c2ccc(-c6cc(C(C)(C)C)c(O)c(C(C)(C)C)c6)cc52)-c2cc(-c5cc(C(C)(C)C)c(O)c(C(C)(C)C)c5)ccc2-4)c2cc(-c4cc(C(C)(C)C)c(O)c(C(C)(C)C)c4)ccc32)cc(C(C)(C)C)c1O. The van der Waals surface area contributed by atoms with E-state index in [9.17, 15) is 20.4 Å². The van der Waals surface area contributed by atoms with Crippen molar-refractivity contribution in [2.24, 2.45) is 0 Å². The molecule has 0 spiro atoms. The van der Waals surface area contributed by atoms with E-state index in [-0.39, 0.29) is 43.3 Å². The highest BCUT2D eigenvalue weighted by Gasteiger charge is 2.34. The van der Waals surface area contributed by atoms with Crippen LogP contribution >= 0.6 is 0 Å². The average Bonchev–Trinajstić information content (AvgIpc) is 1.69. The molecule has 11 aromatic rings. The number of fused-ring (bicyclic) bond motifs is 20. The second-order valence-electron chi connectivity index (χ2n) is 36.3. The second kappa shape index (κ2) is 22.9. The molecule has 12 nitrogen and oxygen atoms in total. The van der Waals surface area contributed by atoms with Gasteiger partial charge >= 0.3 is 0 Å². The van der Waals surface area contributed by atoms with E-state index in [1.165, 1.54) is 0 Å². The number of nitrogens with zero attached hydrogens (tertiary/aromatic N) is 6. The maximum atomic E-state index is 12.0. The molecular weight excluding hydrogens is 1230 g/mol. The Bertz CT molecular complexity index is 5290. The van der Waals surface area contributed by atoms with Crippen LogP contribution in [0.1, 0.15) is 211 Å². The largest absolute Gasteiger partial charge is 0.507 e. The summed E-state index contributed by atoms with van der Waals surface area (Å²) in [5.74, 6) is 3.01. The number of aromatic amines is 2. The van der Waals surface area contributed by atoms with Gasteiger partial charge in [0.25, 0.3) is 0 Å². The number of hydrogen-bond acceptors (Lipinski definition) is 10. The van der Waals surface area contributed by atoms with Gasteiger partial charge in [-0.3, -0.25) is 0 Å². The number of phenolic OH excluding ortho intramolecular Hbond substituents is 4. The van der Waals surface area contributed by atoms with Crippen molar-refractivity contribution < 1.29 is 20.4 Å². The van der Waals surface area contributed by atoms with Crippen LogP contribution in [0.5, 0.6) is 23.0 Å². The van der Waals surface area contributed by atoms with Crippen molar-refractivity contribution >= 4 is 44.1 Å². The van der Waals surface area contributed by atoms with Gasteiger partial charge < -0.3 is 30.4 Å². The van der Waals surface area contributed by atoms with Gasteiger partial charge in [-0.05, 0) is 185 Å². The molecule has 0 saturated heterocycles. The van der Waals surface area contributed by atoms with E-state index in [0.29, 0.717) is 68.9 Å². The molecule has 0 fully saturated rings. The number of aromatic hydroxyl groups is 4. The first-order chi connectivity index (χ1) is 46.2. The van der Waals surface area contributed by atoms with Gasteiger partial charge in [0, 0.05) is 88.3 Å². The molecule has 0 atom stereocenters. The fourth-order valence-electron chi connectivity index (χ4n) is 14.3. The standard InChI is InChI=1S/C88H98N8O4/c1-81(2,3)61-37-49(38-62(69(61)97)82(4,5)6)45-25-29-53-57(33-45)77-90-73(53)89-74-54-30-26-46(50-39-63(83(7,8)9)70(98)64(40-50)84(10,11)12)34-58(54)78(91-74)93-76-56-32-28-48(52-43-67(87(19,20)21)72(100)68(44-52)88(22,23)24)36-60(56)80(95-76)96-79-59-35-47(27-31-55(59)75(92-77)94-79)51-41-65(85(13,14)15)71(99)66(42-51)86(16,17)18/h25-44,97-100H,1-24H3,(H2,89,90,91,92,93,94,95,96). The Morgan fingerprint density at radius 1 is 0.210 bits per heavy atom. The summed E-state index contributed by atoms with van der Waals surface area (Å²) in [6.07, 6.45) is 0. The van der Waals surface area contributed by atoms with Crippen LogP contribution < -0.4 is 0 Å². The number of phenols is 4. The first-order valence-electron chi connectivity index (χ1n) is 35.1. The summed E-state index contributed by atoms with van der Waals surface area (Å²) in [7, 11) is 0. The lowest BCUT2D eigenvalue weighted by atomic mass is 9.77. The number of rotatable bonds is 4. The first kappa shape index (κ1) is 68.8. The molecular formula is C88H98N8O4. The van der Waals surface area contributed by atoms with Crippen molar-refractivity contribution in [2.75, 3.05) is 0 Å². The van der Waals surface area contributed by atoms with Crippen LogP contribution in [0.3, 0.4) is 0 Å². The second-order valence-corrected chi connectivity index (χ2v) is 36.3. The van der Waals surface area contributed by atoms with Crippen molar-refractivity contribution in [3.8, 4) is 113 Å². The lowest BCUT2D eigenvalue weighted by Crippen LogP contribution is -2.17. The highest BCUT2D eigenvalue weighted by molar-refractivity contribution is 6.08. The topological polar surface area (TPSA) is 190 Å². The molecule has 0 radical (unpaired) electrons. The normalized spacial score (nSPS) is 13.4. The molecule has 0 unspecified atom stereocenters. The van der Waals surface area contributed by atoms with Crippen LogP contribution in [0.4, 0.5) is 0 Å². The zero-order chi connectivity index (χ0) is 72.6. The summed E-state index contributed by atoms with van der Waals surface area (Å²) < 4.78 is 0. The lowest BCUT2D eigenvalue weighted by molar-refractivity contribution is 0.422. The number of benzene rings is 8. The van der Waals surface area contributed by atoms with Crippen LogP contribution in [-0.4, -0.2) is 60.3 Å². The Morgan fingerprint density at radius 2 is 0.410 bits per heavy atom. The molecule has 12 heteroatoms. The Hall–Kier alpha value is -9.68. The third kappa shape index (κ3) is 12.3. The molecule has 8 bridgehead atoms. The molecule has 2 aliphatic heterocycles. The molecule has 100 heavy (non-hydrogen) atoms. The Balaban J connectivity index is 1.16. The molecule has 2 aliphatic rings. The molecule has 13 rings (SSSR count). The minimum atomic E-state index is -0.373. The third-order valence-electron chi connectivity index (χ3n) is 20.1. The molecule has 0 aliphatic carbocycles. The first-order valence-corrected chi connectivity index (χ1v) is 35.1. The quantitative estimate of drug-likeness (QED) is 0.0989. The fraction of sp³-hybridized carbons (Fsp3) is 0.364. The molecule has 0 saturated carbocycles. The van der Waals surface area contributed by atoms with Crippen LogP contribution in [0, 0.1) is 0 Å². The monoisotopic (exact) mass is 1330 g/mol. The van der Waals surface area contributed by atoms with Crippen LogP contribution in [0.25, 0.3) is 134 Å². The van der Waals surface area contributed by atoms with Crippen molar-refractivity contribution in [1.29, 1.82) is 0 Å². The van der Waals surface area contributed by atoms with Crippen LogP contribution in [-0.2, 0) is 43.3 Å². The number of hydrogen-bond donors (Lipinski definition) is 6. The zero-order valence-electron chi connectivity index (χ0n) is 63.0. The van der Waals surface area contributed by atoms with Crippen molar-refractivity contribution in [3.05, 3.63) is 166 Å². The summed E-state index contributed by atoms with van der Waals surface area (Å²) in [5, 5.41) is 51.1. The Labute approximate surface area is 589 Å². The van der Waals surface area contributed by atoms with Gasteiger partial charge in [0.15, 0.2) is 23.3 Å². The average molecular weight is 1330 g/mol. The van der Waals surface area contributed by atoms with Crippen LogP contribution in [0.2, 0.25) is 0 Å². The predicted molar refractivity (Wildman–Crippen MR) is 414 cm³/mol. The minimum Gasteiger partial charge on any atom is -0.507 e. The lowest BCUT2D eigenvalue weighted by Gasteiger charge is -2.28. The van der Waals surface area contributed by atoms with Crippen molar-refractivity contribution in [3.63, 3.8) is 0 Å². The summed E-state index contributed by atoms with van der Waals surface area (Å²) >= 11 is 0. The summed E-state index contributed by atoms with van der Waals surface area (Å²) in [6, 6.07) is 42.4. The number of nitrogens with one attached hydrogen (secondary N) is 2. The van der Waals surface area contributed by atoms with Gasteiger partial charge in [-0.2, -0.15) is 0 Å². The smallest absolute Gasteiger partial charge is 0.164 e. The van der Waals surface area contributed by atoms with E-state index in [1.54, 1.807) is 0 Å². The molecule has 8 aromatic carbocycles. The van der Waals surface area contributed by atoms with Crippen molar-refractivity contribution in [2.45, 2.75) is 209 Å². The number of aromatic nitrogens is 8. The fourth-order valence-corrected chi connectivity index (χ4v) is 14.3. The highest BCUT2D eigenvalue weighted by atomic mass is 16.3. The highest BCUT2D eigenvalue weighted by Crippen LogP contribution is 2.50. The predicted octanol–water partition coefficient (Wildman–Crippen LogP) is 22.7. The van der Waals surface area contributed by atoms with Gasteiger partial charge in [0.2, 0.25) is 0 Å². The molecule has 6 N–H and O–H groups in total. The van der Waals surface area contributed by atoms with Crippen LogP contribution in [0.15, 0.2) is 121 Å². The van der Waals surface area contributed by atoms with Gasteiger partial charge in [-0.25, -0.2) is 29.9 Å². The Kier molecular flexibility index (Phi) is 15.8. The van der Waals surface area contributed by atoms with E-state index in [4.69, 9.17) is 29.9 Å². The van der Waals surface area contributed by atoms with Gasteiger partial charge in [-0.15, -0.1) is 0 Å². The summed E-state index contributed by atoms with van der Waals surface area (Å²) in [6.45, 7) is 51.2. The van der Waals surface area contributed by atoms with E-state index in [0.717, 1.165) is 133 Å². The maximum absolute atomic E-state index is 12.0. The molecule has 0 amide bonds.